The van der Waals surface area contributed by atoms with E-state index in [1.807, 2.05) is 54.3 Å². The van der Waals surface area contributed by atoms with Gasteiger partial charge in [-0.1, -0.05) is 60.7 Å². The van der Waals surface area contributed by atoms with E-state index in [9.17, 15) is 4.79 Å². The number of hydrogen-bond acceptors (Lipinski definition) is 3. The van der Waals surface area contributed by atoms with E-state index in [1.165, 1.54) is 16.8 Å². The lowest BCUT2D eigenvalue weighted by molar-refractivity contribution is 0.0737. The minimum atomic E-state index is 0.0344. The highest BCUT2D eigenvalue weighted by atomic mass is 16.2. The van der Waals surface area contributed by atoms with Crippen molar-refractivity contribution in [3.8, 4) is 16.8 Å². The van der Waals surface area contributed by atoms with Crippen LogP contribution >= 0.6 is 0 Å². The summed E-state index contributed by atoms with van der Waals surface area (Å²) in [5.74, 6) is 0.0344. The molecule has 0 aliphatic carbocycles. The maximum Gasteiger partial charge on any atom is 0.272 e. The van der Waals surface area contributed by atoms with Crippen LogP contribution < -0.4 is 4.90 Å². The van der Waals surface area contributed by atoms with E-state index in [0.717, 1.165) is 24.5 Å². The number of carbonyl (C=O) groups is 1. The lowest BCUT2D eigenvalue weighted by Crippen LogP contribution is -2.49. The molecule has 5 heteroatoms. The number of anilines is 1. The van der Waals surface area contributed by atoms with Crippen LogP contribution in [0, 0.1) is 6.92 Å². The molecule has 32 heavy (non-hydrogen) atoms. The molecule has 1 amide bonds. The molecule has 0 atom stereocenters. The van der Waals surface area contributed by atoms with Crippen LogP contribution in [0.2, 0.25) is 0 Å². The second-order valence-electron chi connectivity index (χ2n) is 8.11. The summed E-state index contributed by atoms with van der Waals surface area (Å²) in [7, 11) is 0. The lowest BCUT2D eigenvalue weighted by atomic mass is 10.0. The average Bonchev–Trinajstić information content (AvgIpc) is 3.26. The van der Waals surface area contributed by atoms with Gasteiger partial charge in [0.2, 0.25) is 0 Å². The van der Waals surface area contributed by atoms with Crippen LogP contribution in [0.25, 0.3) is 16.8 Å². The van der Waals surface area contributed by atoms with Gasteiger partial charge in [0, 0.05) is 31.9 Å². The summed E-state index contributed by atoms with van der Waals surface area (Å²) in [6.07, 6.45) is 0. The SMILES string of the molecule is Cc1cc(C(=O)N2CCN(c3cccc(-c4ccccc4)c3)CC2)n(-c2ccccc2)n1. The zero-order valence-electron chi connectivity index (χ0n) is 18.2. The van der Waals surface area contributed by atoms with Crippen molar-refractivity contribution in [2.45, 2.75) is 6.92 Å². The standard InChI is InChI=1S/C27H26N4O/c1-21-19-26(31(28-21)24-12-6-3-7-13-24)27(32)30-17-15-29(16-18-30)25-14-8-11-23(20-25)22-9-4-2-5-10-22/h2-14,19-20H,15-18H2,1H3. The van der Waals surface area contributed by atoms with E-state index in [4.69, 9.17) is 0 Å². The molecule has 3 aromatic carbocycles. The minimum Gasteiger partial charge on any atom is -0.368 e. The topological polar surface area (TPSA) is 41.4 Å². The van der Waals surface area contributed by atoms with Gasteiger partial charge in [-0.3, -0.25) is 4.79 Å². The van der Waals surface area contributed by atoms with E-state index in [2.05, 4.69) is 58.5 Å². The Kier molecular flexibility index (Phi) is 5.46. The maximum atomic E-state index is 13.3. The first-order valence-electron chi connectivity index (χ1n) is 11.0. The molecule has 4 aromatic rings. The van der Waals surface area contributed by atoms with Crippen LogP contribution in [-0.4, -0.2) is 46.8 Å². The smallest absolute Gasteiger partial charge is 0.272 e. The van der Waals surface area contributed by atoms with Crippen molar-refractivity contribution in [2.24, 2.45) is 0 Å². The molecule has 5 nitrogen and oxygen atoms in total. The van der Waals surface area contributed by atoms with Crippen LogP contribution in [0.15, 0.2) is 91.0 Å². The maximum absolute atomic E-state index is 13.3. The highest BCUT2D eigenvalue weighted by molar-refractivity contribution is 5.93. The van der Waals surface area contributed by atoms with Gasteiger partial charge >= 0.3 is 0 Å². The Morgan fingerprint density at radius 2 is 1.34 bits per heavy atom. The van der Waals surface area contributed by atoms with Crippen molar-refractivity contribution in [3.63, 3.8) is 0 Å². The van der Waals surface area contributed by atoms with Crippen molar-refractivity contribution in [1.29, 1.82) is 0 Å². The Hall–Kier alpha value is -3.86. The highest BCUT2D eigenvalue weighted by Crippen LogP contribution is 2.26. The number of para-hydroxylation sites is 1. The van der Waals surface area contributed by atoms with Gasteiger partial charge in [0.05, 0.1) is 11.4 Å². The summed E-state index contributed by atoms with van der Waals surface area (Å²) in [5, 5.41) is 4.56. The molecule has 0 spiro atoms. The molecule has 0 bridgehead atoms. The number of carbonyl (C=O) groups excluding carboxylic acids is 1. The summed E-state index contributed by atoms with van der Waals surface area (Å²) in [4.78, 5) is 17.6. The van der Waals surface area contributed by atoms with Gasteiger partial charge in [-0.25, -0.2) is 4.68 Å². The Morgan fingerprint density at radius 3 is 2.06 bits per heavy atom. The normalized spacial score (nSPS) is 13.9. The third kappa shape index (κ3) is 4.02. The first-order valence-corrected chi connectivity index (χ1v) is 11.0. The fourth-order valence-electron chi connectivity index (χ4n) is 4.26. The van der Waals surface area contributed by atoms with Crippen molar-refractivity contribution >= 4 is 11.6 Å². The zero-order chi connectivity index (χ0) is 21.9. The number of piperazine rings is 1. The molecule has 1 saturated heterocycles. The fraction of sp³-hybridized carbons (Fsp3) is 0.185. The third-order valence-electron chi connectivity index (χ3n) is 5.94. The number of aromatic nitrogens is 2. The molecular formula is C27H26N4O. The van der Waals surface area contributed by atoms with Gasteiger partial charge in [-0.05, 0) is 48.4 Å². The average molecular weight is 423 g/mol. The van der Waals surface area contributed by atoms with Gasteiger partial charge in [0.25, 0.3) is 5.91 Å². The highest BCUT2D eigenvalue weighted by Gasteiger charge is 2.25. The minimum absolute atomic E-state index is 0.0344. The van der Waals surface area contributed by atoms with Gasteiger partial charge < -0.3 is 9.80 Å². The van der Waals surface area contributed by atoms with Crippen molar-refractivity contribution in [3.05, 3.63) is 102 Å². The van der Waals surface area contributed by atoms with Crippen LogP contribution in [0.5, 0.6) is 0 Å². The second-order valence-corrected chi connectivity index (χ2v) is 8.11. The number of amides is 1. The largest absolute Gasteiger partial charge is 0.368 e. The molecular weight excluding hydrogens is 396 g/mol. The molecule has 0 saturated carbocycles. The Bertz CT molecular complexity index is 1210. The molecule has 0 N–H and O–H groups in total. The summed E-state index contributed by atoms with van der Waals surface area (Å²) < 4.78 is 1.76. The Balaban J connectivity index is 1.30. The van der Waals surface area contributed by atoms with Crippen molar-refractivity contribution < 1.29 is 4.79 Å². The van der Waals surface area contributed by atoms with Crippen LogP contribution in [0.3, 0.4) is 0 Å². The van der Waals surface area contributed by atoms with E-state index in [0.29, 0.717) is 18.8 Å². The first kappa shape index (κ1) is 20.1. The number of hydrogen-bond donors (Lipinski definition) is 0. The van der Waals surface area contributed by atoms with Crippen molar-refractivity contribution in [1.82, 2.24) is 14.7 Å². The van der Waals surface area contributed by atoms with E-state index < -0.39 is 0 Å². The van der Waals surface area contributed by atoms with Gasteiger partial charge in [-0.2, -0.15) is 5.10 Å². The molecule has 5 rings (SSSR count). The Morgan fingerprint density at radius 1 is 0.719 bits per heavy atom. The summed E-state index contributed by atoms with van der Waals surface area (Å²) >= 11 is 0. The molecule has 1 aliphatic rings. The Labute approximate surface area is 188 Å². The zero-order valence-corrected chi connectivity index (χ0v) is 18.2. The molecule has 0 unspecified atom stereocenters. The molecule has 1 fully saturated rings. The third-order valence-corrected chi connectivity index (χ3v) is 5.94. The summed E-state index contributed by atoms with van der Waals surface area (Å²) in [5.41, 5.74) is 5.99. The number of nitrogens with zero attached hydrogens (tertiary/aromatic N) is 4. The van der Waals surface area contributed by atoms with E-state index >= 15 is 0 Å². The van der Waals surface area contributed by atoms with Gasteiger partial charge in [-0.15, -0.1) is 0 Å². The van der Waals surface area contributed by atoms with E-state index in [1.54, 1.807) is 4.68 Å². The monoisotopic (exact) mass is 422 g/mol. The summed E-state index contributed by atoms with van der Waals surface area (Å²) in [6, 6.07) is 30.8. The lowest BCUT2D eigenvalue weighted by Gasteiger charge is -2.36. The number of rotatable bonds is 4. The molecule has 160 valence electrons. The molecule has 1 aromatic heterocycles. The molecule has 0 radical (unpaired) electrons. The van der Waals surface area contributed by atoms with E-state index in [-0.39, 0.29) is 5.91 Å². The van der Waals surface area contributed by atoms with Gasteiger partial charge in [0.1, 0.15) is 5.69 Å². The molecule has 2 heterocycles. The first-order chi connectivity index (χ1) is 15.7. The predicted octanol–water partition coefficient (Wildman–Crippen LogP) is 4.81. The number of benzene rings is 3. The van der Waals surface area contributed by atoms with Crippen LogP contribution in [-0.2, 0) is 0 Å². The predicted molar refractivity (Wildman–Crippen MR) is 128 cm³/mol. The molecule has 1 aliphatic heterocycles. The fourth-order valence-corrected chi connectivity index (χ4v) is 4.26. The van der Waals surface area contributed by atoms with Crippen LogP contribution in [0.4, 0.5) is 5.69 Å². The quantitative estimate of drug-likeness (QED) is 0.474. The second kappa shape index (κ2) is 8.71. The van der Waals surface area contributed by atoms with Crippen LogP contribution in [0.1, 0.15) is 16.2 Å². The summed E-state index contributed by atoms with van der Waals surface area (Å²) in [6.45, 7) is 4.92. The van der Waals surface area contributed by atoms with Gasteiger partial charge in [0.15, 0.2) is 0 Å². The van der Waals surface area contributed by atoms with Crippen molar-refractivity contribution in [2.75, 3.05) is 31.1 Å². The number of aryl methyl sites for hydroxylation is 1.